The lowest BCUT2D eigenvalue weighted by Crippen LogP contribution is -2.24. The maximum atomic E-state index is 12.2. The quantitative estimate of drug-likeness (QED) is 0.519. The maximum Gasteiger partial charge on any atom is 0.251 e. The van der Waals surface area contributed by atoms with Crippen molar-refractivity contribution in [2.45, 2.75) is 30.4 Å². The zero-order valence-electron chi connectivity index (χ0n) is 14.0. The minimum Gasteiger partial charge on any atom is -0.496 e. The van der Waals surface area contributed by atoms with Gasteiger partial charge in [0.15, 0.2) is 0 Å². The molecule has 1 N–H and O–H groups in total. The third kappa shape index (κ3) is 5.46. The van der Waals surface area contributed by atoms with E-state index >= 15 is 0 Å². The van der Waals surface area contributed by atoms with Crippen molar-refractivity contribution >= 4 is 29.3 Å². The Kier molecular flexibility index (Phi) is 7.47. The first-order valence-electron chi connectivity index (χ1n) is 7.97. The average Bonchev–Trinajstić information content (AvgIpc) is 2.61. The number of ether oxygens (including phenoxy) is 1. The lowest BCUT2D eigenvalue weighted by atomic mass is 10.1. The Morgan fingerprint density at radius 2 is 1.96 bits per heavy atom. The summed E-state index contributed by atoms with van der Waals surface area (Å²) in [4.78, 5) is 13.3. The first-order valence-corrected chi connectivity index (χ1v) is 9.34. The largest absolute Gasteiger partial charge is 0.496 e. The minimum atomic E-state index is -0.0381. The Morgan fingerprint density at radius 1 is 1.21 bits per heavy atom. The highest BCUT2D eigenvalue weighted by atomic mass is 35.5. The van der Waals surface area contributed by atoms with Gasteiger partial charge in [-0.2, -0.15) is 0 Å². The first-order chi connectivity index (χ1) is 11.6. The van der Waals surface area contributed by atoms with Gasteiger partial charge >= 0.3 is 0 Å². The number of benzene rings is 2. The summed E-state index contributed by atoms with van der Waals surface area (Å²) in [7, 11) is 1.65. The van der Waals surface area contributed by atoms with E-state index in [1.807, 2.05) is 36.4 Å². The molecule has 0 fully saturated rings. The SMILES string of the molecule is CCCCNC(=O)c1ccc(OC)c(CSc2ccc(Cl)cc2)c1. The van der Waals surface area contributed by atoms with Crippen molar-refractivity contribution in [3.8, 4) is 5.75 Å². The summed E-state index contributed by atoms with van der Waals surface area (Å²) in [5.74, 6) is 1.48. The van der Waals surface area contributed by atoms with Gasteiger partial charge in [0.2, 0.25) is 0 Å². The molecule has 0 aliphatic rings. The van der Waals surface area contributed by atoms with Crippen LogP contribution >= 0.6 is 23.4 Å². The molecule has 2 aromatic carbocycles. The first kappa shape index (κ1) is 18.7. The van der Waals surface area contributed by atoms with Crippen LogP contribution in [-0.4, -0.2) is 19.6 Å². The average molecular weight is 364 g/mol. The van der Waals surface area contributed by atoms with E-state index in [1.54, 1.807) is 24.9 Å². The van der Waals surface area contributed by atoms with Crippen molar-refractivity contribution in [2.75, 3.05) is 13.7 Å². The predicted octanol–water partition coefficient (Wildman–Crippen LogP) is 5.17. The Balaban J connectivity index is 2.07. The Labute approximate surface area is 152 Å². The molecule has 3 nitrogen and oxygen atoms in total. The predicted molar refractivity (Wildman–Crippen MR) is 101 cm³/mol. The Bertz CT molecular complexity index is 674. The molecule has 0 radical (unpaired) electrons. The zero-order valence-corrected chi connectivity index (χ0v) is 15.5. The van der Waals surface area contributed by atoms with Crippen LogP contribution in [0.25, 0.3) is 0 Å². The number of amides is 1. The summed E-state index contributed by atoms with van der Waals surface area (Å²) >= 11 is 7.59. The number of rotatable bonds is 8. The molecule has 0 aromatic heterocycles. The van der Waals surface area contributed by atoms with E-state index < -0.39 is 0 Å². The van der Waals surface area contributed by atoms with Crippen LogP contribution in [0.2, 0.25) is 5.02 Å². The lowest BCUT2D eigenvalue weighted by molar-refractivity contribution is 0.0953. The Morgan fingerprint density at radius 3 is 2.62 bits per heavy atom. The monoisotopic (exact) mass is 363 g/mol. The normalized spacial score (nSPS) is 10.5. The van der Waals surface area contributed by atoms with E-state index in [-0.39, 0.29) is 5.91 Å². The molecule has 1 amide bonds. The van der Waals surface area contributed by atoms with Crippen LogP contribution in [0.1, 0.15) is 35.7 Å². The number of hydrogen-bond donors (Lipinski definition) is 1. The van der Waals surface area contributed by atoms with Gasteiger partial charge in [0.25, 0.3) is 5.91 Å². The fraction of sp³-hybridized carbons (Fsp3) is 0.316. The van der Waals surface area contributed by atoms with Crippen LogP contribution in [0.4, 0.5) is 0 Å². The highest BCUT2D eigenvalue weighted by molar-refractivity contribution is 7.98. The van der Waals surface area contributed by atoms with Gasteiger partial charge in [-0.15, -0.1) is 11.8 Å². The van der Waals surface area contributed by atoms with Gasteiger partial charge in [0.1, 0.15) is 5.75 Å². The topological polar surface area (TPSA) is 38.3 Å². The van der Waals surface area contributed by atoms with Crippen molar-refractivity contribution in [3.05, 3.63) is 58.6 Å². The molecule has 0 spiro atoms. The Hall–Kier alpha value is -1.65. The van der Waals surface area contributed by atoms with E-state index in [0.29, 0.717) is 12.1 Å². The number of unbranched alkanes of at least 4 members (excludes halogenated alkanes) is 1. The van der Waals surface area contributed by atoms with Crippen LogP contribution in [0.5, 0.6) is 5.75 Å². The van der Waals surface area contributed by atoms with Crippen LogP contribution in [0, 0.1) is 0 Å². The maximum absolute atomic E-state index is 12.2. The van der Waals surface area contributed by atoms with Crippen molar-refractivity contribution < 1.29 is 9.53 Å². The number of methoxy groups -OCH3 is 1. The second-order valence-electron chi connectivity index (χ2n) is 5.38. The third-order valence-electron chi connectivity index (χ3n) is 3.57. The number of hydrogen-bond acceptors (Lipinski definition) is 3. The van der Waals surface area contributed by atoms with Gasteiger partial charge < -0.3 is 10.1 Å². The smallest absolute Gasteiger partial charge is 0.251 e. The zero-order chi connectivity index (χ0) is 17.4. The fourth-order valence-electron chi connectivity index (χ4n) is 2.21. The molecular formula is C19H22ClNO2S. The standard InChI is InChI=1S/C19H22ClNO2S/c1-3-4-11-21-19(22)14-5-10-18(23-2)15(12-14)13-24-17-8-6-16(20)7-9-17/h5-10,12H,3-4,11,13H2,1-2H3,(H,21,22). The molecular weight excluding hydrogens is 342 g/mol. The fourth-order valence-corrected chi connectivity index (χ4v) is 3.21. The van der Waals surface area contributed by atoms with Crippen LogP contribution < -0.4 is 10.1 Å². The lowest BCUT2D eigenvalue weighted by Gasteiger charge is -2.11. The summed E-state index contributed by atoms with van der Waals surface area (Å²) in [6, 6.07) is 13.3. The van der Waals surface area contributed by atoms with Crippen molar-refractivity contribution in [1.82, 2.24) is 5.32 Å². The molecule has 0 unspecified atom stereocenters. The molecule has 0 saturated heterocycles. The van der Waals surface area contributed by atoms with E-state index in [9.17, 15) is 4.79 Å². The van der Waals surface area contributed by atoms with Crippen molar-refractivity contribution in [1.29, 1.82) is 0 Å². The van der Waals surface area contributed by atoms with Crippen LogP contribution in [-0.2, 0) is 5.75 Å². The number of carbonyl (C=O) groups excluding carboxylic acids is 1. The van der Waals surface area contributed by atoms with Gasteiger partial charge in [-0.3, -0.25) is 4.79 Å². The van der Waals surface area contributed by atoms with E-state index in [4.69, 9.17) is 16.3 Å². The molecule has 2 rings (SSSR count). The van der Waals surface area contributed by atoms with Gasteiger partial charge in [-0.05, 0) is 48.9 Å². The van der Waals surface area contributed by atoms with Gasteiger partial charge in [0, 0.05) is 33.3 Å². The molecule has 0 aliphatic heterocycles. The highest BCUT2D eigenvalue weighted by Gasteiger charge is 2.10. The minimum absolute atomic E-state index is 0.0381. The van der Waals surface area contributed by atoms with Crippen LogP contribution in [0.15, 0.2) is 47.4 Å². The van der Waals surface area contributed by atoms with Crippen molar-refractivity contribution in [3.63, 3.8) is 0 Å². The van der Waals surface area contributed by atoms with E-state index in [2.05, 4.69) is 12.2 Å². The summed E-state index contributed by atoms with van der Waals surface area (Å²) in [5.41, 5.74) is 1.67. The molecule has 0 bridgehead atoms. The van der Waals surface area contributed by atoms with Crippen LogP contribution in [0.3, 0.4) is 0 Å². The summed E-state index contributed by atoms with van der Waals surface area (Å²) in [6.45, 7) is 2.81. The number of nitrogens with one attached hydrogen (secondary N) is 1. The summed E-state index contributed by atoms with van der Waals surface area (Å²) in [6.07, 6.45) is 2.05. The number of thioether (sulfide) groups is 1. The van der Waals surface area contributed by atoms with Gasteiger partial charge in [-0.1, -0.05) is 24.9 Å². The third-order valence-corrected chi connectivity index (χ3v) is 4.88. The number of carbonyl (C=O) groups is 1. The molecule has 128 valence electrons. The van der Waals surface area contributed by atoms with Crippen molar-refractivity contribution in [2.24, 2.45) is 0 Å². The molecule has 0 heterocycles. The molecule has 0 aliphatic carbocycles. The van der Waals surface area contributed by atoms with Gasteiger partial charge in [0.05, 0.1) is 7.11 Å². The molecule has 24 heavy (non-hydrogen) atoms. The van der Waals surface area contributed by atoms with E-state index in [0.717, 1.165) is 39.8 Å². The van der Waals surface area contributed by atoms with Gasteiger partial charge in [-0.25, -0.2) is 0 Å². The highest BCUT2D eigenvalue weighted by Crippen LogP contribution is 2.29. The molecule has 0 saturated carbocycles. The van der Waals surface area contributed by atoms with E-state index in [1.165, 1.54) is 0 Å². The molecule has 2 aromatic rings. The second-order valence-corrected chi connectivity index (χ2v) is 6.86. The molecule has 5 heteroatoms. The summed E-state index contributed by atoms with van der Waals surface area (Å²) in [5, 5.41) is 3.67. The second kappa shape index (κ2) is 9.60. The molecule has 0 atom stereocenters. The number of halogens is 1. The summed E-state index contributed by atoms with van der Waals surface area (Å²) < 4.78 is 5.42.